The second-order valence-electron chi connectivity index (χ2n) is 6.04. The molecule has 1 saturated carbocycles. The van der Waals surface area contributed by atoms with Crippen LogP contribution in [0.3, 0.4) is 0 Å². The van der Waals surface area contributed by atoms with Gasteiger partial charge in [-0.3, -0.25) is 14.6 Å². The molecule has 3 unspecified atom stereocenters. The molecule has 3 atom stereocenters. The van der Waals surface area contributed by atoms with Gasteiger partial charge in [0, 0.05) is 38.3 Å². The van der Waals surface area contributed by atoms with Gasteiger partial charge in [0.1, 0.15) is 0 Å². The maximum atomic E-state index is 11.1. The largest absolute Gasteiger partial charge is 0.481 e. The van der Waals surface area contributed by atoms with Gasteiger partial charge in [-0.05, 0) is 25.2 Å². The summed E-state index contributed by atoms with van der Waals surface area (Å²) in [6, 6.07) is 1.47. The predicted molar refractivity (Wildman–Crippen MR) is 64.9 cm³/mol. The van der Waals surface area contributed by atoms with Crippen LogP contribution in [0.5, 0.6) is 0 Å². The Morgan fingerprint density at radius 2 is 1.82 bits per heavy atom. The molecule has 1 aliphatic carbocycles. The molecule has 4 nitrogen and oxygen atoms in total. The fourth-order valence-electron chi connectivity index (χ4n) is 3.46. The highest BCUT2D eigenvalue weighted by molar-refractivity contribution is 5.71. The van der Waals surface area contributed by atoms with Crippen molar-refractivity contribution >= 4 is 5.97 Å². The summed E-state index contributed by atoms with van der Waals surface area (Å²) < 4.78 is 0. The summed E-state index contributed by atoms with van der Waals surface area (Å²) in [7, 11) is 0. The molecule has 0 aromatic rings. The lowest BCUT2D eigenvalue weighted by Gasteiger charge is -2.24. The molecule has 2 saturated heterocycles. The van der Waals surface area contributed by atoms with Crippen molar-refractivity contribution in [2.75, 3.05) is 26.2 Å². The van der Waals surface area contributed by atoms with Crippen LogP contribution in [0, 0.1) is 11.8 Å². The van der Waals surface area contributed by atoms with Gasteiger partial charge >= 0.3 is 5.97 Å². The van der Waals surface area contributed by atoms with E-state index in [0.717, 1.165) is 19.1 Å². The van der Waals surface area contributed by atoms with Crippen molar-refractivity contribution in [3.8, 4) is 0 Å². The van der Waals surface area contributed by atoms with Crippen LogP contribution in [-0.2, 0) is 4.79 Å². The molecule has 2 heterocycles. The van der Waals surface area contributed by atoms with E-state index in [-0.39, 0.29) is 5.92 Å². The Labute approximate surface area is 103 Å². The number of carboxylic acid groups (broad SMARTS) is 1. The first kappa shape index (κ1) is 11.5. The molecule has 3 rings (SSSR count). The summed E-state index contributed by atoms with van der Waals surface area (Å²) in [5.41, 5.74) is 0. The van der Waals surface area contributed by atoms with Gasteiger partial charge in [0.2, 0.25) is 0 Å². The van der Waals surface area contributed by atoms with Crippen molar-refractivity contribution in [1.29, 1.82) is 0 Å². The highest BCUT2D eigenvalue weighted by Crippen LogP contribution is 2.33. The zero-order valence-corrected chi connectivity index (χ0v) is 10.5. The van der Waals surface area contributed by atoms with Gasteiger partial charge in [-0.1, -0.05) is 6.92 Å². The first-order valence-electron chi connectivity index (χ1n) is 6.86. The van der Waals surface area contributed by atoms with Crippen LogP contribution >= 0.6 is 0 Å². The van der Waals surface area contributed by atoms with Crippen LogP contribution in [0.1, 0.15) is 26.2 Å². The summed E-state index contributed by atoms with van der Waals surface area (Å²) in [6.45, 7) is 6.20. The second kappa shape index (κ2) is 4.25. The third-order valence-electron chi connectivity index (χ3n) is 4.73. The topological polar surface area (TPSA) is 43.8 Å². The van der Waals surface area contributed by atoms with Crippen LogP contribution < -0.4 is 0 Å². The Morgan fingerprint density at radius 1 is 1.06 bits per heavy atom. The van der Waals surface area contributed by atoms with E-state index in [9.17, 15) is 4.79 Å². The molecule has 0 spiro atoms. The Morgan fingerprint density at radius 3 is 2.41 bits per heavy atom. The normalized spacial score (nSPS) is 39.9. The number of hydrogen-bond acceptors (Lipinski definition) is 3. The molecule has 0 bridgehead atoms. The molecule has 3 fully saturated rings. The minimum Gasteiger partial charge on any atom is -0.481 e. The zero-order valence-electron chi connectivity index (χ0n) is 10.5. The Bertz CT molecular complexity index is 317. The van der Waals surface area contributed by atoms with E-state index in [1.54, 1.807) is 0 Å². The van der Waals surface area contributed by atoms with Crippen LogP contribution in [0.2, 0.25) is 0 Å². The van der Waals surface area contributed by atoms with Gasteiger partial charge in [-0.25, -0.2) is 0 Å². The molecule has 0 amide bonds. The first-order chi connectivity index (χ1) is 8.15. The first-order valence-corrected chi connectivity index (χ1v) is 6.86. The number of nitrogens with zero attached hydrogens (tertiary/aromatic N) is 2. The summed E-state index contributed by atoms with van der Waals surface area (Å²) in [5, 5.41) is 9.16. The van der Waals surface area contributed by atoms with E-state index in [4.69, 9.17) is 5.11 Å². The summed E-state index contributed by atoms with van der Waals surface area (Å²) in [6.07, 6.45) is 3.98. The monoisotopic (exact) mass is 238 g/mol. The van der Waals surface area contributed by atoms with Crippen LogP contribution in [0.25, 0.3) is 0 Å². The van der Waals surface area contributed by atoms with Crippen molar-refractivity contribution in [2.45, 2.75) is 38.3 Å². The second-order valence-corrected chi connectivity index (χ2v) is 6.04. The van der Waals surface area contributed by atoms with Crippen LogP contribution in [-0.4, -0.2) is 59.1 Å². The molecular formula is C13H22N2O2. The molecule has 96 valence electrons. The summed E-state index contributed by atoms with van der Waals surface area (Å²) >= 11 is 0. The van der Waals surface area contributed by atoms with Gasteiger partial charge in [-0.2, -0.15) is 0 Å². The van der Waals surface area contributed by atoms with E-state index >= 15 is 0 Å². The Kier molecular flexibility index (Phi) is 2.87. The highest BCUT2D eigenvalue weighted by atomic mass is 16.4. The van der Waals surface area contributed by atoms with E-state index < -0.39 is 5.97 Å². The number of carbonyl (C=O) groups is 1. The molecule has 0 aromatic heterocycles. The molecule has 3 aliphatic rings. The fraction of sp³-hybridized carbons (Fsp3) is 0.923. The molecule has 4 heteroatoms. The van der Waals surface area contributed by atoms with E-state index in [1.807, 2.05) is 0 Å². The molecular weight excluding hydrogens is 216 g/mol. The predicted octanol–water partition coefficient (Wildman–Crippen LogP) is 0.876. The van der Waals surface area contributed by atoms with E-state index in [1.165, 1.54) is 32.4 Å². The van der Waals surface area contributed by atoms with Gasteiger partial charge in [0.05, 0.1) is 5.92 Å². The van der Waals surface area contributed by atoms with Crippen LogP contribution in [0.15, 0.2) is 0 Å². The van der Waals surface area contributed by atoms with Gasteiger partial charge < -0.3 is 5.11 Å². The average molecular weight is 238 g/mol. The quantitative estimate of drug-likeness (QED) is 0.792. The van der Waals surface area contributed by atoms with Crippen molar-refractivity contribution in [3.63, 3.8) is 0 Å². The highest BCUT2D eigenvalue weighted by Gasteiger charge is 2.41. The number of rotatable bonds is 3. The maximum absolute atomic E-state index is 11.1. The van der Waals surface area contributed by atoms with Crippen molar-refractivity contribution in [2.24, 2.45) is 11.8 Å². The minimum absolute atomic E-state index is 0.148. The lowest BCUT2D eigenvalue weighted by atomic mass is 9.99. The number of aliphatic carboxylic acids is 1. The Hall–Kier alpha value is -0.610. The van der Waals surface area contributed by atoms with Crippen molar-refractivity contribution in [3.05, 3.63) is 0 Å². The SMILES string of the molecule is CC1CN(C2CCN(C3CC3)C2)CC1C(=O)O. The number of likely N-dealkylation sites (tertiary alicyclic amines) is 2. The molecule has 17 heavy (non-hydrogen) atoms. The van der Waals surface area contributed by atoms with Gasteiger partial charge in [0.25, 0.3) is 0 Å². The van der Waals surface area contributed by atoms with E-state index in [2.05, 4.69) is 16.7 Å². The minimum atomic E-state index is -0.614. The van der Waals surface area contributed by atoms with Crippen molar-refractivity contribution in [1.82, 2.24) is 9.80 Å². The Balaban J connectivity index is 1.57. The summed E-state index contributed by atoms with van der Waals surface area (Å²) in [5.74, 6) is -0.454. The smallest absolute Gasteiger partial charge is 0.308 e. The number of carboxylic acids is 1. The zero-order chi connectivity index (χ0) is 12.0. The average Bonchev–Trinajstić information content (AvgIpc) is 2.88. The molecule has 0 aromatic carbocycles. The summed E-state index contributed by atoms with van der Waals surface area (Å²) in [4.78, 5) is 16.1. The van der Waals surface area contributed by atoms with Gasteiger partial charge in [-0.15, -0.1) is 0 Å². The van der Waals surface area contributed by atoms with Crippen LogP contribution in [0.4, 0.5) is 0 Å². The third kappa shape index (κ3) is 2.20. The van der Waals surface area contributed by atoms with E-state index in [0.29, 0.717) is 12.0 Å². The molecule has 1 N–H and O–H groups in total. The maximum Gasteiger partial charge on any atom is 0.308 e. The van der Waals surface area contributed by atoms with Crippen molar-refractivity contribution < 1.29 is 9.90 Å². The fourth-order valence-corrected chi connectivity index (χ4v) is 3.46. The lowest BCUT2D eigenvalue weighted by molar-refractivity contribution is -0.142. The molecule has 0 radical (unpaired) electrons. The number of hydrogen-bond donors (Lipinski definition) is 1. The van der Waals surface area contributed by atoms with Gasteiger partial charge in [0.15, 0.2) is 0 Å². The third-order valence-corrected chi connectivity index (χ3v) is 4.73. The lowest BCUT2D eigenvalue weighted by Crippen LogP contribution is -2.37. The standard InChI is InChI=1S/C13H22N2O2/c1-9-6-15(8-12(9)13(16)17)11-4-5-14(7-11)10-2-3-10/h9-12H,2-8H2,1H3,(H,16,17). The molecule has 2 aliphatic heterocycles.